The normalized spacial score (nSPS) is 12.9. The van der Waals surface area contributed by atoms with Crippen LogP contribution in [0.4, 0.5) is 0 Å². The first kappa shape index (κ1) is 21.5. The lowest BCUT2D eigenvalue weighted by Gasteiger charge is -2.19. The van der Waals surface area contributed by atoms with Crippen LogP contribution in [0.25, 0.3) is 28.1 Å². The summed E-state index contributed by atoms with van der Waals surface area (Å²) in [6.45, 7) is 0.955. The second kappa shape index (κ2) is 8.89. The maximum absolute atomic E-state index is 13.4. The Labute approximate surface area is 202 Å². The van der Waals surface area contributed by atoms with Crippen LogP contribution in [-0.4, -0.2) is 24.0 Å². The van der Waals surface area contributed by atoms with Gasteiger partial charge in [-0.05, 0) is 53.6 Å². The van der Waals surface area contributed by atoms with Crippen LogP contribution in [-0.2, 0) is 0 Å². The molecule has 1 aliphatic heterocycles. The van der Waals surface area contributed by atoms with Gasteiger partial charge >= 0.3 is 0 Å². The predicted octanol–water partition coefficient (Wildman–Crippen LogP) is 6.28. The van der Waals surface area contributed by atoms with Gasteiger partial charge in [-0.1, -0.05) is 57.9 Å². The number of aromatic amines is 1. The number of hydrogen-bond acceptors (Lipinski definition) is 4. The topological polar surface area (TPSA) is 68.4 Å². The molecule has 33 heavy (non-hydrogen) atoms. The van der Waals surface area contributed by atoms with Crippen LogP contribution in [0.3, 0.4) is 0 Å². The molecule has 0 fully saturated rings. The van der Waals surface area contributed by atoms with E-state index in [1.54, 1.807) is 36.4 Å². The minimum Gasteiger partial charge on any atom is -0.486 e. The first-order chi connectivity index (χ1) is 16.0. The summed E-state index contributed by atoms with van der Waals surface area (Å²) in [4.78, 5) is 29.2. The zero-order valence-corrected chi connectivity index (χ0v) is 19.6. The number of pyridine rings is 1. The molecule has 7 heteroatoms. The fourth-order valence-electron chi connectivity index (χ4n) is 3.86. The molecule has 0 atom stereocenters. The Kier molecular flexibility index (Phi) is 5.79. The van der Waals surface area contributed by atoms with Gasteiger partial charge < -0.3 is 14.5 Å². The number of rotatable bonds is 4. The van der Waals surface area contributed by atoms with Gasteiger partial charge in [-0.2, -0.15) is 0 Å². The molecule has 3 aromatic carbocycles. The van der Waals surface area contributed by atoms with E-state index in [2.05, 4.69) is 20.9 Å². The Morgan fingerprint density at radius 3 is 2.48 bits per heavy atom. The van der Waals surface area contributed by atoms with Gasteiger partial charge in [0.25, 0.3) is 5.56 Å². The van der Waals surface area contributed by atoms with Gasteiger partial charge in [-0.25, -0.2) is 0 Å². The standard InChI is InChI=1S/C26H17BrClNO4/c27-19-14-23-22(32-10-11-33-23)12-16(19)6-9-21(30)25-24(15-4-2-1-3-5-15)18-13-17(28)7-8-20(18)29-26(25)31/h1-9,12-14H,10-11H2,(H,29,31)/b9-6+. The molecule has 0 saturated carbocycles. The lowest BCUT2D eigenvalue weighted by molar-refractivity contribution is 0.104. The average Bonchev–Trinajstić information content (AvgIpc) is 2.82. The van der Waals surface area contributed by atoms with Crippen LogP contribution in [0.5, 0.6) is 11.5 Å². The number of aromatic nitrogens is 1. The number of hydrogen-bond donors (Lipinski definition) is 1. The predicted molar refractivity (Wildman–Crippen MR) is 134 cm³/mol. The van der Waals surface area contributed by atoms with Gasteiger partial charge in [0.15, 0.2) is 17.3 Å². The van der Waals surface area contributed by atoms with Gasteiger partial charge in [0.1, 0.15) is 13.2 Å². The van der Waals surface area contributed by atoms with Crippen molar-refractivity contribution in [3.63, 3.8) is 0 Å². The van der Waals surface area contributed by atoms with Crippen LogP contribution < -0.4 is 15.0 Å². The third-order valence-electron chi connectivity index (χ3n) is 5.36. The van der Waals surface area contributed by atoms with Crippen molar-refractivity contribution in [2.24, 2.45) is 0 Å². The molecular weight excluding hydrogens is 506 g/mol. The molecule has 0 unspecified atom stereocenters. The van der Waals surface area contributed by atoms with Crippen LogP contribution in [0.2, 0.25) is 5.02 Å². The van der Waals surface area contributed by atoms with Crippen LogP contribution >= 0.6 is 27.5 Å². The molecule has 4 aromatic rings. The highest BCUT2D eigenvalue weighted by Crippen LogP contribution is 2.36. The summed E-state index contributed by atoms with van der Waals surface area (Å²) in [5.74, 6) is 0.837. The second-order valence-electron chi connectivity index (χ2n) is 7.48. The molecule has 1 aromatic heterocycles. The number of fused-ring (bicyclic) bond motifs is 2. The minimum atomic E-state index is -0.459. The number of ether oxygens (including phenoxy) is 2. The van der Waals surface area contributed by atoms with Crippen LogP contribution in [0.1, 0.15) is 15.9 Å². The van der Waals surface area contributed by atoms with Crippen molar-refractivity contribution in [1.29, 1.82) is 0 Å². The van der Waals surface area contributed by atoms with Gasteiger partial charge in [-0.3, -0.25) is 9.59 Å². The molecule has 5 nitrogen and oxygen atoms in total. The number of nitrogens with one attached hydrogen (secondary N) is 1. The molecule has 0 aliphatic carbocycles. The minimum absolute atomic E-state index is 0.0564. The molecule has 0 radical (unpaired) electrons. The number of ketones is 1. The Hall–Kier alpha value is -3.35. The van der Waals surface area contributed by atoms with E-state index in [-0.39, 0.29) is 5.56 Å². The van der Waals surface area contributed by atoms with Crippen molar-refractivity contribution in [3.05, 3.63) is 97.7 Å². The number of halogens is 2. The van der Waals surface area contributed by atoms with Gasteiger partial charge in [0.2, 0.25) is 0 Å². The summed E-state index contributed by atoms with van der Waals surface area (Å²) in [6, 6.07) is 18.1. The number of carbonyl (C=O) groups is 1. The molecular formula is C26H17BrClNO4. The second-order valence-corrected chi connectivity index (χ2v) is 8.77. The first-order valence-corrected chi connectivity index (χ1v) is 11.4. The summed E-state index contributed by atoms with van der Waals surface area (Å²) < 4.78 is 12.0. The maximum Gasteiger partial charge on any atom is 0.260 e. The van der Waals surface area contributed by atoms with Crippen molar-refractivity contribution in [1.82, 2.24) is 4.98 Å². The van der Waals surface area contributed by atoms with Gasteiger partial charge in [0.05, 0.1) is 5.56 Å². The SMILES string of the molecule is O=C(/C=C/c1cc2c(cc1Br)OCCO2)c1c(-c2ccccc2)c2cc(Cl)ccc2[nH]c1=O. The molecule has 164 valence electrons. The molecule has 0 spiro atoms. The molecule has 1 aliphatic rings. The Balaban J connectivity index is 1.64. The number of allylic oxidation sites excluding steroid dienone is 1. The molecule has 2 heterocycles. The lowest BCUT2D eigenvalue weighted by Crippen LogP contribution is -2.18. The highest BCUT2D eigenvalue weighted by molar-refractivity contribution is 9.10. The van der Waals surface area contributed by atoms with Crippen molar-refractivity contribution in [2.45, 2.75) is 0 Å². The van der Waals surface area contributed by atoms with E-state index in [1.165, 1.54) is 6.08 Å². The van der Waals surface area contributed by atoms with Crippen LogP contribution in [0.15, 0.2) is 76.0 Å². The van der Waals surface area contributed by atoms with E-state index in [4.69, 9.17) is 21.1 Å². The summed E-state index contributed by atoms with van der Waals surface area (Å²) in [6.07, 6.45) is 3.05. The lowest BCUT2D eigenvalue weighted by atomic mass is 9.94. The number of benzene rings is 3. The molecule has 0 amide bonds. The Morgan fingerprint density at radius 2 is 1.73 bits per heavy atom. The third kappa shape index (κ3) is 4.19. The van der Waals surface area contributed by atoms with Crippen molar-refractivity contribution < 1.29 is 14.3 Å². The first-order valence-electron chi connectivity index (χ1n) is 10.2. The summed E-state index contributed by atoms with van der Waals surface area (Å²) >= 11 is 9.76. The van der Waals surface area contributed by atoms with E-state index < -0.39 is 11.3 Å². The van der Waals surface area contributed by atoms with Gasteiger partial charge in [-0.15, -0.1) is 0 Å². The summed E-state index contributed by atoms with van der Waals surface area (Å²) in [5, 5.41) is 1.21. The average molecular weight is 523 g/mol. The van der Waals surface area contributed by atoms with Crippen molar-refractivity contribution >= 4 is 50.3 Å². The fraction of sp³-hybridized carbons (Fsp3) is 0.0769. The number of carbonyl (C=O) groups excluding carboxylic acids is 1. The van der Waals surface area contributed by atoms with E-state index >= 15 is 0 Å². The van der Waals surface area contributed by atoms with E-state index in [0.717, 1.165) is 15.6 Å². The molecule has 5 rings (SSSR count). The Bertz CT molecular complexity index is 1480. The third-order valence-corrected chi connectivity index (χ3v) is 6.28. The van der Waals surface area contributed by atoms with E-state index in [1.807, 2.05) is 30.3 Å². The zero-order chi connectivity index (χ0) is 22.9. The van der Waals surface area contributed by atoms with Crippen LogP contribution in [0, 0.1) is 0 Å². The Morgan fingerprint density at radius 1 is 1.00 bits per heavy atom. The highest BCUT2D eigenvalue weighted by Gasteiger charge is 2.20. The summed E-state index contributed by atoms with van der Waals surface area (Å²) in [5.41, 5.74) is 2.24. The van der Waals surface area contributed by atoms with E-state index in [0.29, 0.717) is 46.2 Å². The maximum atomic E-state index is 13.4. The van der Waals surface area contributed by atoms with Crippen molar-refractivity contribution in [2.75, 3.05) is 13.2 Å². The fourth-order valence-corrected chi connectivity index (χ4v) is 4.49. The molecule has 1 N–H and O–H groups in total. The smallest absolute Gasteiger partial charge is 0.260 e. The summed E-state index contributed by atoms with van der Waals surface area (Å²) in [7, 11) is 0. The largest absolute Gasteiger partial charge is 0.486 e. The number of H-pyrrole nitrogens is 1. The highest BCUT2D eigenvalue weighted by atomic mass is 79.9. The zero-order valence-electron chi connectivity index (χ0n) is 17.2. The van der Waals surface area contributed by atoms with E-state index in [9.17, 15) is 9.59 Å². The van der Waals surface area contributed by atoms with Gasteiger partial charge in [0, 0.05) is 26.0 Å². The van der Waals surface area contributed by atoms with Crippen molar-refractivity contribution in [3.8, 4) is 22.6 Å². The quantitative estimate of drug-likeness (QED) is 0.253. The monoisotopic (exact) mass is 521 g/mol. The molecule has 0 bridgehead atoms. The molecule has 0 saturated heterocycles.